The molecule has 2 heterocycles. The van der Waals surface area contributed by atoms with E-state index < -0.39 is 0 Å². The van der Waals surface area contributed by atoms with Crippen molar-refractivity contribution in [1.29, 1.82) is 0 Å². The maximum absolute atomic E-state index is 6.29. The quantitative estimate of drug-likeness (QED) is 0.838. The summed E-state index contributed by atoms with van der Waals surface area (Å²) in [6, 6.07) is 0.385. The summed E-state index contributed by atoms with van der Waals surface area (Å²) in [5, 5.41) is 3.56. The molecule has 0 radical (unpaired) electrons. The number of hydrogen-bond acceptors (Lipinski definition) is 3. The topological polar surface area (TPSA) is 30.5 Å². The molecule has 2 unspecified atom stereocenters. The number of hydrogen-bond donors (Lipinski definition) is 1. The second-order valence-corrected chi connectivity index (χ2v) is 5.49. The molecule has 3 nitrogen and oxygen atoms in total. The van der Waals surface area contributed by atoms with Gasteiger partial charge < -0.3 is 14.8 Å². The lowest BCUT2D eigenvalue weighted by atomic mass is 10.0. The van der Waals surface area contributed by atoms with Gasteiger partial charge in [0.1, 0.15) is 6.10 Å². The van der Waals surface area contributed by atoms with Crippen molar-refractivity contribution < 1.29 is 9.47 Å². The molecule has 3 rings (SSSR count). The molecular formula is C17H23NO2. The van der Waals surface area contributed by atoms with E-state index in [-0.39, 0.29) is 6.10 Å². The number of nitrogens with one attached hydrogen (secondary N) is 1. The summed E-state index contributed by atoms with van der Waals surface area (Å²) in [4.78, 5) is 0. The number of fused-ring (bicyclic) bond motifs is 1. The van der Waals surface area contributed by atoms with Gasteiger partial charge in [-0.2, -0.15) is 0 Å². The van der Waals surface area contributed by atoms with Gasteiger partial charge in [0.2, 0.25) is 0 Å². The van der Waals surface area contributed by atoms with Gasteiger partial charge in [0, 0.05) is 18.0 Å². The molecule has 0 saturated carbocycles. The van der Waals surface area contributed by atoms with Crippen LogP contribution in [0.25, 0.3) is 0 Å². The van der Waals surface area contributed by atoms with Crippen LogP contribution < -0.4 is 5.32 Å². The van der Waals surface area contributed by atoms with Gasteiger partial charge in [-0.3, -0.25) is 0 Å². The molecule has 108 valence electrons. The van der Waals surface area contributed by atoms with Crippen molar-refractivity contribution in [3.05, 3.63) is 47.5 Å². The lowest BCUT2D eigenvalue weighted by molar-refractivity contribution is 0.117. The average Bonchev–Trinajstić information content (AvgIpc) is 2.89. The smallest absolute Gasteiger partial charge is 0.166 e. The first-order chi connectivity index (χ1) is 9.88. The molecule has 0 aromatic carbocycles. The molecule has 0 bridgehead atoms. The first-order valence-electron chi connectivity index (χ1n) is 7.71. The Morgan fingerprint density at radius 3 is 3.00 bits per heavy atom. The lowest BCUT2D eigenvalue weighted by Crippen LogP contribution is -2.25. The molecular weight excluding hydrogens is 250 g/mol. The molecule has 1 aliphatic carbocycles. The zero-order chi connectivity index (χ0) is 13.8. The Labute approximate surface area is 121 Å². The second kappa shape index (κ2) is 6.31. The fraction of sp³-hybridized carbons (Fsp3) is 0.529. The molecule has 3 heteroatoms. The Morgan fingerprint density at radius 2 is 2.20 bits per heavy atom. The SMILES string of the molecule is CCC1CCOC2=CC=CC=CC(C3CCCN3)=C2O1. The van der Waals surface area contributed by atoms with E-state index >= 15 is 0 Å². The van der Waals surface area contributed by atoms with E-state index in [1.807, 2.05) is 18.2 Å². The number of allylic oxidation sites excluding steroid dienone is 4. The molecule has 2 fully saturated rings. The van der Waals surface area contributed by atoms with E-state index in [0.29, 0.717) is 6.04 Å². The number of rotatable bonds is 2. The summed E-state index contributed by atoms with van der Waals surface area (Å²) in [6.07, 6.45) is 15.0. The van der Waals surface area contributed by atoms with Crippen LogP contribution in [0.4, 0.5) is 0 Å². The molecule has 3 aliphatic rings. The van der Waals surface area contributed by atoms with Crippen LogP contribution in [0.1, 0.15) is 32.6 Å². The van der Waals surface area contributed by atoms with E-state index in [9.17, 15) is 0 Å². The van der Waals surface area contributed by atoms with Crippen molar-refractivity contribution in [3.63, 3.8) is 0 Å². The Morgan fingerprint density at radius 1 is 1.25 bits per heavy atom. The highest BCUT2D eigenvalue weighted by atomic mass is 16.5. The summed E-state index contributed by atoms with van der Waals surface area (Å²) in [5.74, 6) is 1.82. The van der Waals surface area contributed by atoms with Crippen LogP contribution in [0.15, 0.2) is 47.5 Å². The molecule has 20 heavy (non-hydrogen) atoms. The van der Waals surface area contributed by atoms with Crippen molar-refractivity contribution in [2.24, 2.45) is 0 Å². The highest BCUT2D eigenvalue weighted by Gasteiger charge is 2.27. The van der Waals surface area contributed by atoms with E-state index in [4.69, 9.17) is 9.47 Å². The van der Waals surface area contributed by atoms with Crippen molar-refractivity contribution in [2.45, 2.75) is 44.8 Å². The van der Waals surface area contributed by atoms with E-state index in [2.05, 4.69) is 24.4 Å². The first-order valence-corrected chi connectivity index (χ1v) is 7.71. The van der Waals surface area contributed by atoms with Crippen molar-refractivity contribution in [2.75, 3.05) is 13.2 Å². The predicted molar refractivity (Wildman–Crippen MR) is 80.1 cm³/mol. The van der Waals surface area contributed by atoms with Crippen LogP contribution in [-0.4, -0.2) is 25.3 Å². The largest absolute Gasteiger partial charge is 0.490 e. The van der Waals surface area contributed by atoms with Crippen molar-refractivity contribution in [3.8, 4) is 0 Å². The standard InChI is InChI=1S/C17H23NO2/c1-2-13-10-12-19-16-9-5-3-4-7-14(17(16)20-13)15-8-6-11-18-15/h3-5,7,9,13,15,18H,2,6,8,10-12H2,1H3. The fourth-order valence-electron chi connectivity index (χ4n) is 2.94. The molecule has 2 atom stereocenters. The van der Waals surface area contributed by atoms with Gasteiger partial charge in [0.15, 0.2) is 11.5 Å². The molecule has 0 aromatic rings. The van der Waals surface area contributed by atoms with E-state index in [1.54, 1.807) is 0 Å². The second-order valence-electron chi connectivity index (χ2n) is 5.49. The van der Waals surface area contributed by atoms with Gasteiger partial charge in [-0.1, -0.05) is 31.2 Å². The normalized spacial score (nSPS) is 29.8. The Kier molecular flexibility index (Phi) is 4.26. The van der Waals surface area contributed by atoms with Gasteiger partial charge in [0.05, 0.1) is 6.61 Å². The third-order valence-electron chi connectivity index (χ3n) is 4.10. The highest BCUT2D eigenvalue weighted by Crippen LogP contribution is 2.30. The van der Waals surface area contributed by atoms with Crippen LogP contribution in [0, 0.1) is 0 Å². The van der Waals surface area contributed by atoms with Crippen LogP contribution in [-0.2, 0) is 9.47 Å². The minimum Gasteiger partial charge on any atom is -0.490 e. The molecule has 0 aromatic heterocycles. The van der Waals surface area contributed by atoms with Crippen LogP contribution in [0.5, 0.6) is 0 Å². The summed E-state index contributed by atoms with van der Waals surface area (Å²) >= 11 is 0. The maximum Gasteiger partial charge on any atom is 0.166 e. The molecule has 0 amide bonds. The Hall–Kier alpha value is -1.48. The maximum atomic E-state index is 6.29. The average molecular weight is 273 g/mol. The third kappa shape index (κ3) is 2.83. The molecule has 2 saturated heterocycles. The van der Waals surface area contributed by atoms with Gasteiger partial charge in [0.25, 0.3) is 0 Å². The predicted octanol–water partition coefficient (Wildman–Crippen LogP) is 3.22. The molecule has 1 N–H and O–H groups in total. The monoisotopic (exact) mass is 273 g/mol. The summed E-state index contributed by atoms with van der Waals surface area (Å²) in [7, 11) is 0. The van der Waals surface area contributed by atoms with Gasteiger partial charge in [-0.05, 0) is 31.9 Å². The van der Waals surface area contributed by atoms with E-state index in [0.717, 1.165) is 37.5 Å². The van der Waals surface area contributed by atoms with E-state index in [1.165, 1.54) is 18.4 Å². The van der Waals surface area contributed by atoms with Crippen molar-refractivity contribution >= 4 is 0 Å². The summed E-state index contributed by atoms with van der Waals surface area (Å²) in [5.41, 5.74) is 1.23. The summed E-state index contributed by atoms with van der Waals surface area (Å²) < 4.78 is 12.2. The minimum absolute atomic E-state index is 0.254. The minimum atomic E-state index is 0.254. The van der Waals surface area contributed by atoms with Gasteiger partial charge >= 0.3 is 0 Å². The molecule has 2 aliphatic heterocycles. The highest BCUT2D eigenvalue weighted by molar-refractivity contribution is 5.42. The van der Waals surface area contributed by atoms with Crippen LogP contribution in [0.3, 0.4) is 0 Å². The third-order valence-corrected chi connectivity index (χ3v) is 4.10. The van der Waals surface area contributed by atoms with Crippen LogP contribution in [0.2, 0.25) is 0 Å². The summed E-state index contributed by atoms with van der Waals surface area (Å²) in [6.45, 7) is 3.99. The Bertz CT molecular complexity index is 467. The van der Waals surface area contributed by atoms with Gasteiger partial charge in [-0.15, -0.1) is 0 Å². The number of ether oxygens (including phenoxy) is 2. The van der Waals surface area contributed by atoms with Gasteiger partial charge in [-0.25, -0.2) is 0 Å². The zero-order valence-corrected chi connectivity index (χ0v) is 12.1. The fourth-order valence-corrected chi connectivity index (χ4v) is 2.94. The molecule has 0 spiro atoms. The van der Waals surface area contributed by atoms with Crippen LogP contribution >= 0.6 is 0 Å². The van der Waals surface area contributed by atoms with Crippen molar-refractivity contribution in [1.82, 2.24) is 5.32 Å². The zero-order valence-electron chi connectivity index (χ0n) is 12.1. The first kappa shape index (κ1) is 13.5. The Balaban J connectivity index is 2.00. The lowest BCUT2D eigenvalue weighted by Gasteiger charge is -2.22.